The summed E-state index contributed by atoms with van der Waals surface area (Å²) in [5.41, 5.74) is 1.58. The lowest BCUT2D eigenvalue weighted by molar-refractivity contribution is -0.177. The Kier molecular flexibility index (Phi) is 5.25. The summed E-state index contributed by atoms with van der Waals surface area (Å²) >= 11 is 3.42. The van der Waals surface area contributed by atoms with E-state index in [1.807, 2.05) is 48.5 Å². The molecule has 0 bridgehead atoms. The molecule has 26 heavy (non-hydrogen) atoms. The van der Waals surface area contributed by atoms with Gasteiger partial charge in [0.25, 0.3) is 0 Å². The van der Waals surface area contributed by atoms with Gasteiger partial charge >= 0.3 is 6.09 Å². The fourth-order valence-corrected chi connectivity index (χ4v) is 2.98. The molecular weight excluding hydrogens is 398 g/mol. The molecule has 5 nitrogen and oxygen atoms in total. The molecule has 2 atom stereocenters. The quantitative estimate of drug-likeness (QED) is 0.816. The van der Waals surface area contributed by atoms with Crippen LogP contribution in [0.5, 0.6) is 0 Å². The van der Waals surface area contributed by atoms with Gasteiger partial charge in [0.05, 0.1) is 0 Å². The van der Waals surface area contributed by atoms with Crippen LogP contribution in [-0.4, -0.2) is 25.2 Å². The van der Waals surface area contributed by atoms with Crippen molar-refractivity contribution >= 4 is 27.8 Å². The maximum Gasteiger partial charge on any atom is 0.409 e. The molecule has 0 aliphatic carbocycles. The van der Waals surface area contributed by atoms with Crippen molar-refractivity contribution in [3.05, 3.63) is 70.7 Å². The molecule has 3 rings (SSSR count). The summed E-state index contributed by atoms with van der Waals surface area (Å²) in [6, 6.07) is 15.6. The zero-order chi connectivity index (χ0) is 18.7. The van der Waals surface area contributed by atoms with E-state index in [1.165, 1.54) is 19.2 Å². The number of carbonyl (C=O) groups is 2. The summed E-state index contributed by atoms with van der Waals surface area (Å²) in [5.74, 6) is -0.203. The number of alkyl carbamates (subject to hydrolysis) is 1. The third-order valence-electron chi connectivity index (χ3n) is 4.27. The Labute approximate surface area is 160 Å². The lowest BCUT2D eigenvalue weighted by Gasteiger charge is -2.33. The molecule has 134 valence electrons. The van der Waals surface area contributed by atoms with Crippen molar-refractivity contribution in [2.45, 2.75) is 18.8 Å². The predicted molar refractivity (Wildman–Crippen MR) is 101 cm³/mol. The molecule has 0 spiro atoms. The number of carbonyl (C=O) groups excluding carboxylic acids is 2. The van der Waals surface area contributed by atoms with Crippen molar-refractivity contribution in [1.82, 2.24) is 5.32 Å². The number of nitrogens with one attached hydrogen (secondary N) is 1. The van der Waals surface area contributed by atoms with E-state index in [9.17, 15) is 9.59 Å². The maximum absolute atomic E-state index is 12.4. The molecule has 1 N–H and O–H groups in total. The van der Waals surface area contributed by atoms with E-state index in [2.05, 4.69) is 21.2 Å². The largest absolute Gasteiger partial charge is 0.416 e. The van der Waals surface area contributed by atoms with Crippen molar-refractivity contribution in [2.75, 3.05) is 7.05 Å². The van der Waals surface area contributed by atoms with E-state index in [-0.39, 0.29) is 5.78 Å². The van der Waals surface area contributed by atoms with Gasteiger partial charge in [0.1, 0.15) is 0 Å². The average Bonchev–Trinajstić information content (AvgIpc) is 2.65. The van der Waals surface area contributed by atoms with Crippen LogP contribution in [0.4, 0.5) is 4.79 Å². The first-order chi connectivity index (χ1) is 12.4. The molecule has 0 radical (unpaired) electrons. The van der Waals surface area contributed by atoms with Crippen LogP contribution in [0.15, 0.2) is 65.2 Å². The van der Waals surface area contributed by atoms with Gasteiger partial charge in [0.15, 0.2) is 11.4 Å². The Morgan fingerprint density at radius 3 is 2.27 bits per heavy atom. The molecule has 0 fully saturated rings. The highest BCUT2D eigenvalue weighted by Gasteiger charge is 2.40. The van der Waals surface area contributed by atoms with Crippen molar-refractivity contribution < 1.29 is 19.1 Å². The van der Waals surface area contributed by atoms with Crippen molar-refractivity contribution in [3.63, 3.8) is 0 Å². The Morgan fingerprint density at radius 1 is 1.12 bits per heavy atom. The maximum atomic E-state index is 12.4. The number of ether oxygens (including phenoxy) is 2. The summed E-state index contributed by atoms with van der Waals surface area (Å²) in [6.45, 7) is 1.67. The first kappa shape index (κ1) is 18.4. The number of hydrogen-bond donors (Lipinski definition) is 1. The summed E-state index contributed by atoms with van der Waals surface area (Å²) in [6.07, 6.45) is 1.26. The van der Waals surface area contributed by atoms with E-state index in [4.69, 9.17) is 9.47 Å². The Hall–Kier alpha value is -2.44. The second-order valence-corrected chi connectivity index (χ2v) is 6.90. The summed E-state index contributed by atoms with van der Waals surface area (Å²) in [7, 11) is 1.46. The molecule has 2 aromatic rings. The van der Waals surface area contributed by atoms with Crippen LogP contribution in [0, 0.1) is 0 Å². The number of hydrogen-bond acceptors (Lipinski definition) is 4. The smallest absolute Gasteiger partial charge is 0.409 e. The van der Waals surface area contributed by atoms with Crippen LogP contribution in [-0.2, 0) is 19.9 Å². The monoisotopic (exact) mass is 415 g/mol. The molecule has 1 aliphatic heterocycles. The molecular formula is C20H18BrNO4. The molecule has 1 heterocycles. The fourth-order valence-electron chi connectivity index (χ4n) is 2.72. The minimum Gasteiger partial charge on any atom is -0.416 e. The van der Waals surface area contributed by atoms with Gasteiger partial charge in [0, 0.05) is 11.5 Å². The van der Waals surface area contributed by atoms with E-state index in [1.54, 1.807) is 6.92 Å². The van der Waals surface area contributed by atoms with Crippen LogP contribution in [0.2, 0.25) is 0 Å². The fraction of sp³-hybridized carbons (Fsp3) is 0.200. The molecule has 0 aromatic heterocycles. The summed E-state index contributed by atoms with van der Waals surface area (Å²) < 4.78 is 11.9. The first-order valence-electron chi connectivity index (χ1n) is 8.07. The zero-order valence-corrected chi connectivity index (χ0v) is 15.9. The number of ketones is 1. The SMILES string of the molecule is CNC(=O)O[C@@H]1C=CC(=O)[C@@](C)(c2ccc(-c3ccc(Br)cc3)cc2)O1. The van der Waals surface area contributed by atoms with Crippen LogP contribution >= 0.6 is 15.9 Å². The second-order valence-electron chi connectivity index (χ2n) is 5.98. The normalized spacial score (nSPS) is 22.1. The van der Waals surface area contributed by atoms with Gasteiger partial charge in [-0.3, -0.25) is 4.79 Å². The first-order valence-corrected chi connectivity index (χ1v) is 8.87. The Bertz CT molecular complexity index is 845. The Morgan fingerprint density at radius 2 is 1.69 bits per heavy atom. The molecule has 0 saturated carbocycles. The lowest BCUT2D eigenvalue weighted by atomic mass is 9.88. The topological polar surface area (TPSA) is 64.6 Å². The minimum atomic E-state index is -1.22. The standard InChI is InChI=1S/C20H18BrNO4/c1-20(17(23)11-12-18(26-20)25-19(24)22-2)15-7-3-13(4-8-15)14-5-9-16(21)10-6-14/h3-12,18H,1-2H3,(H,22,24)/t18-,20+/m0/s1. The van der Waals surface area contributed by atoms with Crippen LogP contribution < -0.4 is 5.32 Å². The molecule has 0 saturated heterocycles. The summed E-state index contributed by atoms with van der Waals surface area (Å²) in [4.78, 5) is 23.8. The van der Waals surface area contributed by atoms with Gasteiger partial charge in [-0.05, 0) is 47.9 Å². The number of amides is 1. The van der Waals surface area contributed by atoms with Crippen molar-refractivity contribution in [3.8, 4) is 11.1 Å². The molecule has 0 unspecified atom stereocenters. The number of benzene rings is 2. The van der Waals surface area contributed by atoms with Gasteiger partial charge in [-0.15, -0.1) is 0 Å². The zero-order valence-electron chi connectivity index (χ0n) is 14.4. The highest BCUT2D eigenvalue weighted by atomic mass is 79.9. The third kappa shape index (κ3) is 3.71. The lowest BCUT2D eigenvalue weighted by Crippen LogP contribution is -2.43. The molecule has 6 heteroatoms. The van der Waals surface area contributed by atoms with Crippen LogP contribution in [0.25, 0.3) is 11.1 Å². The average molecular weight is 416 g/mol. The van der Waals surface area contributed by atoms with Gasteiger partial charge in [-0.2, -0.15) is 0 Å². The minimum absolute atomic E-state index is 0.203. The molecule has 1 aliphatic rings. The molecule has 2 aromatic carbocycles. The number of halogens is 1. The van der Waals surface area contributed by atoms with Crippen LogP contribution in [0.1, 0.15) is 12.5 Å². The predicted octanol–water partition coefficient (Wildman–Crippen LogP) is 4.17. The van der Waals surface area contributed by atoms with Gasteiger partial charge in [0.2, 0.25) is 6.29 Å². The van der Waals surface area contributed by atoms with Crippen LogP contribution in [0.3, 0.4) is 0 Å². The highest BCUT2D eigenvalue weighted by Crippen LogP contribution is 2.33. The van der Waals surface area contributed by atoms with E-state index in [0.29, 0.717) is 5.56 Å². The van der Waals surface area contributed by atoms with Crippen molar-refractivity contribution in [1.29, 1.82) is 0 Å². The second kappa shape index (κ2) is 7.43. The van der Waals surface area contributed by atoms with Gasteiger partial charge in [-0.1, -0.05) is 52.3 Å². The van der Waals surface area contributed by atoms with Gasteiger partial charge < -0.3 is 14.8 Å². The number of rotatable bonds is 3. The van der Waals surface area contributed by atoms with E-state index in [0.717, 1.165) is 15.6 Å². The van der Waals surface area contributed by atoms with E-state index >= 15 is 0 Å². The Balaban J connectivity index is 1.84. The molecule has 1 amide bonds. The van der Waals surface area contributed by atoms with Crippen molar-refractivity contribution in [2.24, 2.45) is 0 Å². The van der Waals surface area contributed by atoms with E-state index < -0.39 is 18.0 Å². The van der Waals surface area contributed by atoms with Gasteiger partial charge in [-0.25, -0.2) is 4.79 Å². The third-order valence-corrected chi connectivity index (χ3v) is 4.80. The highest BCUT2D eigenvalue weighted by molar-refractivity contribution is 9.10. The summed E-state index contributed by atoms with van der Waals surface area (Å²) in [5, 5.41) is 2.36.